The van der Waals surface area contributed by atoms with Gasteiger partial charge in [-0.3, -0.25) is 9.78 Å². The largest absolute Gasteiger partial charge is 0.401 e. The van der Waals surface area contributed by atoms with Crippen LogP contribution in [0, 0.1) is 0 Å². The van der Waals surface area contributed by atoms with E-state index in [0.29, 0.717) is 0 Å². The van der Waals surface area contributed by atoms with Crippen molar-refractivity contribution in [2.24, 2.45) is 0 Å². The van der Waals surface area contributed by atoms with Crippen LogP contribution in [0.1, 0.15) is 10.5 Å². The fourth-order valence-corrected chi connectivity index (χ4v) is 0.851. The molecule has 0 fully saturated rings. The Balaban J connectivity index is 2.38. The van der Waals surface area contributed by atoms with Gasteiger partial charge >= 0.3 is 6.18 Å². The summed E-state index contributed by atoms with van der Waals surface area (Å²) in [5.41, 5.74) is 0.0483. The molecule has 0 spiro atoms. The maximum absolute atomic E-state index is 11.7. The zero-order valence-corrected chi connectivity index (χ0v) is 7.58. The second kappa shape index (κ2) is 4.83. The number of aromatic nitrogens is 2. The van der Waals surface area contributed by atoms with Crippen molar-refractivity contribution in [1.29, 1.82) is 0 Å². The molecule has 0 aliphatic carbocycles. The van der Waals surface area contributed by atoms with Gasteiger partial charge in [0.05, 0.1) is 19.3 Å². The molecule has 1 rings (SSSR count). The van der Waals surface area contributed by atoms with Crippen molar-refractivity contribution in [2.75, 3.05) is 13.1 Å². The summed E-state index contributed by atoms with van der Waals surface area (Å²) in [5, 5.41) is 1.98. The molecule has 0 atom stereocenters. The van der Waals surface area contributed by atoms with E-state index in [0.717, 1.165) is 0 Å². The summed E-state index contributed by atoms with van der Waals surface area (Å²) >= 11 is 0. The quantitative estimate of drug-likeness (QED) is 0.761. The molecular formula is C8H8F3N3O. The second-order valence-corrected chi connectivity index (χ2v) is 2.73. The average Bonchev–Trinajstić information content (AvgIpc) is 2.17. The van der Waals surface area contributed by atoms with E-state index in [9.17, 15) is 18.0 Å². The second-order valence-electron chi connectivity index (χ2n) is 2.73. The van der Waals surface area contributed by atoms with Crippen LogP contribution in [0.4, 0.5) is 13.2 Å². The van der Waals surface area contributed by atoms with Gasteiger partial charge in [0.1, 0.15) is 5.69 Å². The summed E-state index contributed by atoms with van der Waals surface area (Å²) in [6, 6.07) is 0. The molecule has 0 bridgehead atoms. The Morgan fingerprint density at radius 2 is 2.13 bits per heavy atom. The van der Waals surface area contributed by atoms with E-state index in [2.05, 4.69) is 9.97 Å². The smallest absolute Gasteiger partial charge is 0.301 e. The lowest BCUT2D eigenvalue weighted by molar-refractivity contribution is -0.124. The van der Waals surface area contributed by atoms with Gasteiger partial charge in [0.15, 0.2) is 5.78 Å². The van der Waals surface area contributed by atoms with Gasteiger partial charge in [-0.15, -0.1) is 0 Å². The number of alkyl halides is 3. The van der Waals surface area contributed by atoms with E-state index in [1.165, 1.54) is 18.6 Å². The SMILES string of the molecule is O=C(CNCC(F)(F)F)c1cnccn1. The number of Topliss-reactive ketones (excluding diaryl/α,β-unsaturated/α-hetero) is 1. The van der Waals surface area contributed by atoms with Crippen LogP contribution in [0.25, 0.3) is 0 Å². The molecule has 82 valence electrons. The number of nitrogens with one attached hydrogen (secondary N) is 1. The monoisotopic (exact) mass is 219 g/mol. The zero-order chi connectivity index (χ0) is 11.3. The molecular weight excluding hydrogens is 211 g/mol. The topological polar surface area (TPSA) is 54.9 Å². The molecule has 0 saturated carbocycles. The molecule has 0 aliphatic heterocycles. The fourth-order valence-electron chi connectivity index (χ4n) is 0.851. The molecule has 0 radical (unpaired) electrons. The lowest BCUT2D eigenvalue weighted by Crippen LogP contribution is -2.33. The highest BCUT2D eigenvalue weighted by Crippen LogP contribution is 2.11. The number of hydrogen-bond acceptors (Lipinski definition) is 4. The first-order valence-corrected chi connectivity index (χ1v) is 4.06. The zero-order valence-electron chi connectivity index (χ0n) is 7.58. The van der Waals surface area contributed by atoms with Gasteiger partial charge in [0.25, 0.3) is 0 Å². The van der Waals surface area contributed by atoms with Gasteiger partial charge < -0.3 is 5.32 Å². The van der Waals surface area contributed by atoms with Crippen molar-refractivity contribution in [3.8, 4) is 0 Å². The molecule has 1 aromatic rings. The third-order valence-electron chi connectivity index (χ3n) is 1.46. The number of carbonyl (C=O) groups is 1. The Bertz CT molecular complexity index is 326. The minimum absolute atomic E-state index is 0.0483. The third kappa shape index (κ3) is 4.50. The first-order chi connectivity index (χ1) is 6.99. The van der Waals surface area contributed by atoms with Gasteiger partial charge in [-0.05, 0) is 0 Å². The molecule has 0 aromatic carbocycles. The molecule has 1 N–H and O–H groups in total. The molecule has 7 heteroatoms. The highest BCUT2D eigenvalue weighted by Gasteiger charge is 2.26. The highest BCUT2D eigenvalue weighted by molar-refractivity contribution is 5.95. The number of rotatable bonds is 4. The van der Waals surface area contributed by atoms with E-state index in [4.69, 9.17) is 0 Å². The maximum atomic E-state index is 11.7. The van der Waals surface area contributed by atoms with Gasteiger partial charge in [-0.1, -0.05) is 0 Å². The predicted octanol–water partition coefficient (Wildman–Crippen LogP) is 0.811. The predicted molar refractivity (Wildman–Crippen MR) is 45.3 cm³/mol. The van der Waals surface area contributed by atoms with E-state index in [1.54, 1.807) is 0 Å². The van der Waals surface area contributed by atoms with Crippen molar-refractivity contribution in [3.63, 3.8) is 0 Å². The summed E-state index contributed by atoms with van der Waals surface area (Å²) in [7, 11) is 0. The van der Waals surface area contributed by atoms with Crippen LogP contribution < -0.4 is 5.32 Å². The molecule has 0 aliphatic rings. The lowest BCUT2D eigenvalue weighted by Gasteiger charge is -2.06. The van der Waals surface area contributed by atoms with Crippen LogP contribution >= 0.6 is 0 Å². The number of ketones is 1. The normalized spacial score (nSPS) is 11.4. The molecule has 1 heterocycles. The van der Waals surface area contributed by atoms with Gasteiger partial charge in [0, 0.05) is 12.4 Å². The van der Waals surface area contributed by atoms with Crippen LogP contribution in [-0.4, -0.2) is 35.0 Å². The Labute approximate surface area is 83.5 Å². The molecule has 0 saturated heterocycles. The summed E-state index contributed by atoms with van der Waals surface area (Å²) in [5.74, 6) is -0.521. The van der Waals surface area contributed by atoms with Crippen LogP contribution in [-0.2, 0) is 0 Å². The fraction of sp³-hybridized carbons (Fsp3) is 0.375. The molecule has 0 unspecified atom stereocenters. The van der Waals surface area contributed by atoms with Crippen molar-refractivity contribution < 1.29 is 18.0 Å². The van der Waals surface area contributed by atoms with Crippen molar-refractivity contribution in [1.82, 2.24) is 15.3 Å². The minimum Gasteiger partial charge on any atom is -0.301 e. The Hall–Kier alpha value is -1.50. The molecule has 0 amide bonds. The van der Waals surface area contributed by atoms with Crippen LogP contribution in [0.15, 0.2) is 18.6 Å². The van der Waals surface area contributed by atoms with E-state index in [1.807, 2.05) is 5.32 Å². The highest BCUT2D eigenvalue weighted by atomic mass is 19.4. The number of carbonyl (C=O) groups excluding carboxylic acids is 1. The lowest BCUT2D eigenvalue weighted by atomic mass is 10.3. The van der Waals surface area contributed by atoms with Gasteiger partial charge in [0.2, 0.25) is 0 Å². The number of halogens is 3. The standard InChI is InChI=1S/C8H8F3N3O/c9-8(10,11)5-13-4-7(15)6-3-12-1-2-14-6/h1-3,13H,4-5H2. The van der Waals surface area contributed by atoms with E-state index < -0.39 is 25.0 Å². The Morgan fingerprint density at radius 1 is 1.40 bits per heavy atom. The Morgan fingerprint density at radius 3 is 2.67 bits per heavy atom. The molecule has 4 nitrogen and oxygen atoms in total. The Kier molecular flexibility index (Phi) is 3.73. The first kappa shape index (κ1) is 11.6. The van der Waals surface area contributed by atoms with Crippen molar-refractivity contribution in [3.05, 3.63) is 24.3 Å². The molecule has 1 aromatic heterocycles. The molecule has 15 heavy (non-hydrogen) atoms. The van der Waals surface area contributed by atoms with Crippen LogP contribution in [0.2, 0.25) is 0 Å². The van der Waals surface area contributed by atoms with E-state index in [-0.39, 0.29) is 5.69 Å². The summed E-state index contributed by atoms with van der Waals surface area (Å²) in [6.07, 6.45) is -0.433. The van der Waals surface area contributed by atoms with E-state index >= 15 is 0 Å². The average molecular weight is 219 g/mol. The summed E-state index contributed by atoms with van der Waals surface area (Å²) in [4.78, 5) is 18.5. The van der Waals surface area contributed by atoms with Crippen molar-refractivity contribution in [2.45, 2.75) is 6.18 Å². The number of nitrogens with zero attached hydrogens (tertiary/aromatic N) is 2. The van der Waals surface area contributed by atoms with Gasteiger partial charge in [-0.25, -0.2) is 4.98 Å². The van der Waals surface area contributed by atoms with Gasteiger partial charge in [-0.2, -0.15) is 13.2 Å². The van der Waals surface area contributed by atoms with Crippen LogP contribution in [0.3, 0.4) is 0 Å². The first-order valence-electron chi connectivity index (χ1n) is 4.06. The summed E-state index contributed by atoms with van der Waals surface area (Å²) in [6.45, 7) is -1.60. The third-order valence-corrected chi connectivity index (χ3v) is 1.46. The maximum Gasteiger partial charge on any atom is 0.401 e. The van der Waals surface area contributed by atoms with Crippen molar-refractivity contribution >= 4 is 5.78 Å². The summed E-state index contributed by atoms with van der Waals surface area (Å²) < 4.78 is 35.1. The number of hydrogen-bond donors (Lipinski definition) is 1. The minimum atomic E-state index is -4.32. The van der Waals surface area contributed by atoms with Crippen LogP contribution in [0.5, 0.6) is 0 Å².